The van der Waals surface area contributed by atoms with Crippen molar-refractivity contribution in [1.82, 2.24) is 14.5 Å². The molecule has 0 aliphatic heterocycles. The number of nitrogens with one attached hydrogen (secondary N) is 1. The van der Waals surface area contributed by atoms with Gasteiger partial charge in [-0.2, -0.15) is 12.7 Å². The molecule has 2 rings (SSSR count). The lowest BCUT2D eigenvalue weighted by Gasteiger charge is -2.33. The number of halogens is 2. The Labute approximate surface area is 205 Å². The summed E-state index contributed by atoms with van der Waals surface area (Å²) in [4.78, 5) is 27.5. The molecule has 2 amide bonds. The van der Waals surface area contributed by atoms with Crippen LogP contribution in [-0.4, -0.2) is 63.2 Å². The van der Waals surface area contributed by atoms with Crippen molar-refractivity contribution >= 4 is 50.9 Å². The van der Waals surface area contributed by atoms with Gasteiger partial charge in [-0.1, -0.05) is 54.4 Å². The Bertz CT molecular complexity index is 1080. The number of likely N-dealkylation sites (N-methyl/N-ethyl adjacent to an activating group) is 1. The molecule has 0 heterocycles. The largest absolute Gasteiger partial charge is 0.357 e. The molecular weight excluding hydrogens is 487 g/mol. The third-order valence-electron chi connectivity index (χ3n) is 5.05. The van der Waals surface area contributed by atoms with Gasteiger partial charge in [0.1, 0.15) is 12.6 Å². The zero-order chi connectivity index (χ0) is 24.8. The fourth-order valence-corrected chi connectivity index (χ4v) is 4.75. The molecule has 2 aromatic carbocycles. The van der Waals surface area contributed by atoms with Crippen molar-refractivity contribution < 1.29 is 18.0 Å². The Kier molecular flexibility index (Phi) is 9.54. The van der Waals surface area contributed by atoms with E-state index in [4.69, 9.17) is 23.2 Å². The van der Waals surface area contributed by atoms with E-state index in [0.29, 0.717) is 27.7 Å². The predicted molar refractivity (Wildman–Crippen MR) is 132 cm³/mol. The Balaban J connectivity index is 2.49. The third kappa shape index (κ3) is 6.60. The van der Waals surface area contributed by atoms with E-state index in [1.165, 1.54) is 26.0 Å². The molecule has 0 saturated heterocycles. The second-order valence-corrected chi connectivity index (χ2v) is 10.3. The van der Waals surface area contributed by atoms with Gasteiger partial charge in [0.2, 0.25) is 11.8 Å². The summed E-state index contributed by atoms with van der Waals surface area (Å²) in [6.07, 6.45) is 0.322. The van der Waals surface area contributed by atoms with E-state index in [1.807, 2.05) is 0 Å². The van der Waals surface area contributed by atoms with E-state index < -0.39 is 28.7 Å². The van der Waals surface area contributed by atoms with Crippen LogP contribution in [0.5, 0.6) is 0 Å². The number of hydrogen-bond acceptors (Lipinski definition) is 4. The minimum Gasteiger partial charge on any atom is -0.357 e. The highest BCUT2D eigenvalue weighted by molar-refractivity contribution is 7.90. The van der Waals surface area contributed by atoms with Crippen LogP contribution in [0.1, 0.15) is 18.9 Å². The molecule has 1 N–H and O–H groups in total. The van der Waals surface area contributed by atoms with Crippen LogP contribution in [0.2, 0.25) is 10.0 Å². The van der Waals surface area contributed by atoms with Crippen molar-refractivity contribution in [2.24, 2.45) is 0 Å². The van der Waals surface area contributed by atoms with Crippen LogP contribution in [0.4, 0.5) is 5.69 Å². The summed E-state index contributed by atoms with van der Waals surface area (Å²) >= 11 is 12.3. The quantitative estimate of drug-likeness (QED) is 0.527. The minimum atomic E-state index is -3.99. The molecule has 2 aromatic rings. The molecule has 1 atom stereocenters. The summed E-state index contributed by atoms with van der Waals surface area (Å²) in [6.45, 7) is 1.28. The van der Waals surface area contributed by atoms with Crippen molar-refractivity contribution in [1.29, 1.82) is 0 Å². The first-order chi connectivity index (χ1) is 15.5. The van der Waals surface area contributed by atoms with Crippen molar-refractivity contribution in [3.63, 3.8) is 0 Å². The molecule has 0 spiro atoms. The summed E-state index contributed by atoms with van der Waals surface area (Å²) in [7, 11) is 0.270. The lowest BCUT2D eigenvalue weighted by Crippen LogP contribution is -2.52. The number of amides is 2. The van der Waals surface area contributed by atoms with E-state index in [0.717, 1.165) is 8.61 Å². The fourth-order valence-electron chi connectivity index (χ4n) is 3.23. The zero-order valence-electron chi connectivity index (χ0n) is 19.0. The molecule has 0 radical (unpaired) electrons. The second kappa shape index (κ2) is 11.7. The van der Waals surface area contributed by atoms with Gasteiger partial charge in [-0.15, -0.1) is 0 Å². The van der Waals surface area contributed by atoms with Crippen LogP contribution in [0.3, 0.4) is 0 Å². The average Bonchev–Trinajstić information content (AvgIpc) is 2.78. The molecule has 0 saturated carbocycles. The van der Waals surface area contributed by atoms with Crippen LogP contribution >= 0.6 is 23.2 Å². The number of nitrogens with zero attached hydrogens (tertiary/aromatic N) is 3. The van der Waals surface area contributed by atoms with Crippen molar-refractivity contribution in [3.05, 3.63) is 64.1 Å². The van der Waals surface area contributed by atoms with Gasteiger partial charge in [0, 0.05) is 37.7 Å². The van der Waals surface area contributed by atoms with Gasteiger partial charge < -0.3 is 10.2 Å². The summed E-state index contributed by atoms with van der Waals surface area (Å²) < 4.78 is 28.1. The Morgan fingerprint density at radius 2 is 1.70 bits per heavy atom. The number of anilines is 1. The van der Waals surface area contributed by atoms with Gasteiger partial charge in [-0.25, -0.2) is 4.31 Å². The Morgan fingerprint density at radius 1 is 1.06 bits per heavy atom. The number of benzene rings is 2. The molecule has 0 fully saturated rings. The lowest BCUT2D eigenvalue weighted by molar-refractivity contribution is -0.140. The van der Waals surface area contributed by atoms with Gasteiger partial charge in [0.05, 0.1) is 5.69 Å². The van der Waals surface area contributed by atoms with Crippen LogP contribution in [-0.2, 0) is 26.3 Å². The maximum absolute atomic E-state index is 13.6. The van der Waals surface area contributed by atoms with E-state index in [-0.39, 0.29) is 12.5 Å². The highest BCUT2D eigenvalue weighted by Crippen LogP contribution is 2.25. The molecule has 33 heavy (non-hydrogen) atoms. The second-order valence-electron chi connectivity index (χ2n) is 7.43. The van der Waals surface area contributed by atoms with Gasteiger partial charge in [-0.3, -0.25) is 9.59 Å². The maximum Gasteiger partial charge on any atom is 0.304 e. The number of para-hydroxylation sites is 1. The molecule has 1 unspecified atom stereocenters. The Hall–Kier alpha value is -2.33. The van der Waals surface area contributed by atoms with Gasteiger partial charge >= 0.3 is 10.2 Å². The molecule has 0 bridgehead atoms. The SMILES string of the molecule is CCC(C(=O)NC)N(Cc1ccc(Cl)cc1Cl)C(=O)CN(c1ccccc1)S(=O)(=O)N(C)C. The lowest BCUT2D eigenvalue weighted by atomic mass is 10.1. The fraction of sp³-hybridized carbons (Fsp3) is 0.364. The maximum atomic E-state index is 13.6. The smallest absolute Gasteiger partial charge is 0.304 e. The van der Waals surface area contributed by atoms with Crippen molar-refractivity contribution in [3.8, 4) is 0 Å². The normalized spacial score (nSPS) is 12.3. The van der Waals surface area contributed by atoms with Crippen LogP contribution < -0.4 is 9.62 Å². The minimum absolute atomic E-state index is 0.00536. The number of hydrogen-bond donors (Lipinski definition) is 1. The van der Waals surface area contributed by atoms with Crippen LogP contribution in [0.15, 0.2) is 48.5 Å². The topological polar surface area (TPSA) is 90.0 Å². The molecular formula is C22H28Cl2N4O4S. The van der Waals surface area contributed by atoms with Gasteiger partial charge in [0.25, 0.3) is 0 Å². The van der Waals surface area contributed by atoms with E-state index in [9.17, 15) is 18.0 Å². The highest BCUT2D eigenvalue weighted by atomic mass is 35.5. The third-order valence-corrected chi connectivity index (χ3v) is 7.46. The van der Waals surface area contributed by atoms with E-state index in [2.05, 4.69) is 5.32 Å². The van der Waals surface area contributed by atoms with Crippen molar-refractivity contribution in [2.75, 3.05) is 32.0 Å². The first-order valence-corrected chi connectivity index (χ1v) is 12.4. The van der Waals surface area contributed by atoms with Crippen LogP contribution in [0.25, 0.3) is 0 Å². The monoisotopic (exact) mass is 514 g/mol. The molecule has 8 nitrogen and oxygen atoms in total. The molecule has 0 aliphatic carbocycles. The zero-order valence-corrected chi connectivity index (χ0v) is 21.3. The Morgan fingerprint density at radius 3 is 2.21 bits per heavy atom. The van der Waals surface area contributed by atoms with E-state index >= 15 is 0 Å². The average molecular weight is 515 g/mol. The number of rotatable bonds is 10. The number of carbonyl (C=O) groups excluding carboxylic acids is 2. The summed E-state index contributed by atoms with van der Waals surface area (Å²) in [5.41, 5.74) is 0.913. The number of carbonyl (C=O) groups is 2. The standard InChI is InChI=1S/C22H28Cl2N4O4S/c1-5-20(22(30)25-2)27(14-16-11-12-17(23)13-19(16)24)21(29)15-28(33(31,32)26(3)4)18-9-7-6-8-10-18/h6-13,20H,5,14-15H2,1-4H3,(H,25,30). The molecule has 0 aromatic heterocycles. The van der Waals surface area contributed by atoms with Crippen molar-refractivity contribution in [2.45, 2.75) is 25.9 Å². The van der Waals surface area contributed by atoms with E-state index in [1.54, 1.807) is 55.5 Å². The predicted octanol–water partition coefficient (Wildman–Crippen LogP) is 3.16. The first-order valence-electron chi connectivity index (χ1n) is 10.2. The summed E-state index contributed by atoms with van der Waals surface area (Å²) in [5.74, 6) is -0.914. The van der Waals surface area contributed by atoms with Gasteiger partial charge in [0.15, 0.2) is 0 Å². The molecule has 180 valence electrons. The summed E-state index contributed by atoms with van der Waals surface area (Å²) in [6, 6.07) is 12.4. The van der Waals surface area contributed by atoms with Crippen LogP contribution in [0, 0.1) is 0 Å². The summed E-state index contributed by atoms with van der Waals surface area (Å²) in [5, 5.41) is 3.35. The molecule has 0 aliphatic rings. The van der Waals surface area contributed by atoms with Gasteiger partial charge in [-0.05, 0) is 36.2 Å². The highest BCUT2D eigenvalue weighted by Gasteiger charge is 2.33. The first kappa shape index (κ1) is 26.9. The molecule has 11 heteroatoms.